The summed E-state index contributed by atoms with van der Waals surface area (Å²) in [6.45, 7) is 11.9. The van der Waals surface area contributed by atoms with Crippen LogP contribution in [0.25, 0.3) is 16.3 Å². The molecule has 4 aromatic rings. The fourth-order valence-electron chi connectivity index (χ4n) is 6.45. The second-order valence-electron chi connectivity index (χ2n) is 14.4. The minimum atomic E-state index is -4.51. The summed E-state index contributed by atoms with van der Waals surface area (Å²) in [4.78, 5) is 43.8. The highest BCUT2D eigenvalue weighted by Crippen LogP contribution is 2.49. The van der Waals surface area contributed by atoms with E-state index in [4.69, 9.17) is 39.5 Å². The number of carbonyl (C=O) groups is 3. The number of nitrogen functional groups attached to an aromatic ring is 1. The molecule has 1 aliphatic heterocycles. The molecule has 2 aromatic carbocycles. The Bertz CT molecular complexity index is 2050. The third-order valence-corrected chi connectivity index (χ3v) is 11.7. The fourth-order valence-corrected chi connectivity index (χ4v) is 7.97. The number of rotatable bonds is 18. The number of hydrogen-bond acceptors (Lipinski definition) is 14. The Hall–Kier alpha value is -4.60. The lowest BCUT2D eigenvalue weighted by atomic mass is 9.92. The van der Waals surface area contributed by atoms with E-state index < -0.39 is 68.3 Å². The molecule has 16 nitrogen and oxygen atoms in total. The van der Waals surface area contributed by atoms with E-state index in [0.29, 0.717) is 16.6 Å². The number of hydrogen-bond donors (Lipinski definition) is 3. The van der Waals surface area contributed by atoms with Gasteiger partial charge in [0.2, 0.25) is 0 Å². The number of benzene rings is 2. The summed E-state index contributed by atoms with van der Waals surface area (Å²) in [5.41, 5.74) is 11.6. The highest BCUT2D eigenvalue weighted by atomic mass is 31.2. The van der Waals surface area contributed by atoms with Crippen molar-refractivity contribution in [3.8, 4) is 5.75 Å². The molecule has 5 N–H and O–H groups in total. The molecule has 2 aromatic heterocycles. The monoisotopic (exact) mass is 796 g/mol. The second kappa shape index (κ2) is 18.1. The van der Waals surface area contributed by atoms with Crippen LogP contribution in [0.4, 0.5) is 5.82 Å². The average Bonchev–Trinajstić information content (AvgIpc) is 3.74. The predicted octanol–water partition coefficient (Wildman–Crippen LogP) is 5.46. The Labute approximate surface area is 326 Å². The quantitative estimate of drug-likeness (QED) is 0.0647. The summed E-state index contributed by atoms with van der Waals surface area (Å²) >= 11 is 0. The molecule has 0 spiro atoms. The fraction of sp³-hybridized carbons (Fsp3) is 0.513. The third kappa shape index (κ3) is 9.32. The molecule has 3 heterocycles. The maximum atomic E-state index is 14.9. The van der Waals surface area contributed by atoms with Crippen molar-refractivity contribution in [3.05, 3.63) is 66.6 Å². The van der Waals surface area contributed by atoms with Crippen LogP contribution in [0, 0.1) is 11.8 Å². The molecule has 0 amide bonds. The number of fused-ring (bicyclic) bond motifs is 2. The lowest BCUT2D eigenvalue weighted by molar-refractivity contribution is -0.172. The van der Waals surface area contributed by atoms with Gasteiger partial charge in [-0.05, 0) is 49.3 Å². The number of ether oxygens (including phenoxy) is 4. The van der Waals surface area contributed by atoms with Crippen molar-refractivity contribution in [2.45, 2.75) is 104 Å². The van der Waals surface area contributed by atoms with Crippen LogP contribution in [0.3, 0.4) is 0 Å². The van der Waals surface area contributed by atoms with E-state index in [1.54, 1.807) is 58.0 Å². The highest BCUT2D eigenvalue weighted by Gasteiger charge is 2.59. The Morgan fingerprint density at radius 2 is 1.71 bits per heavy atom. The molecule has 5 rings (SSSR count). The summed E-state index contributed by atoms with van der Waals surface area (Å²) < 4.78 is 53.0. The topological polar surface area (TPSA) is 218 Å². The van der Waals surface area contributed by atoms with Gasteiger partial charge in [0.15, 0.2) is 18.0 Å². The van der Waals surface area contributed by atoms with E-state index in [9.17, 15) is 18.9 Å². The van der Waals surface area contributed by atoms with Gasteiger partial charge in [-0.1, -0.05) is 83.9 Å². The van der Waals surface area contributed by atoms with Crippen molar-refractivity contribution in [3.63, 3.8) is 0 Å². The number of aromatic nitrogens is 3. The Balaban J connectivity index is 1.54. The molecule has 1 fully saturated rings. The van der Waals surface area contributed by atoms with Gasteiger partial charge in [-0.2, -0.15) is 10.2 Å². The van der Waals surface area contributed by atoms with Crippen LogP contribution in [0.15, 0.2) is 60.9 Å². The molecule has 0 bridgehead atoms. The zero-order chi connectivity index (χ0) is 40.8. The van der Waals surface area contributed by atoms with Crippen LogP contribution in [0.2, 0.25) is 0 Å². The third-order valence-electron chi connectivity index (χ3n) is 10.1. The summed E-state index contributed by atoms with van der Waals surface area (Å²) in [6.07, 6.45) is -0.977. The van der Waals surface area contributed by atoms with Gasteiger partial charge in [0, 0.05) is 11.8 Å². The maximum Gasteiger partial charge on any atom is 0.459 e. The zero-order valence-corrected chi connectivity index (χ0v) is 33.8. The van der Waals surface area contributed by atoms with E-state index in [1.165, 1.54) is 17.8 Å². The van der Waals surface area contributed by atoms with Gasteiger partial charge in [-0.3, -0.25) is 18.9 Å². The normalized spacial score (nSPS) is 21.9. The summed E-state index contributed by atoms with van der Waals surface area (Å²) in [7, 11) is -4.51. The predicted molar refractivity (Wildman–Crippen MR) is 208 cm³/mol. The molecule has 7 atom stereocenters. The number of esters is 3. The highest BCUT2D eigenvalue weighted by molar-refractivity contribution is 7.52. The molecule has 1 unspecified atom stereocenters. The van der Waals surface area contributed by atoms with Crippen LogP contribution in [-0.2, 0) is 48.0 Å². The van der Waals surface area contributed by atoms with Gasteiger partial charge in [-0.15, -0.1) is 0 Å². The van der Waals surface area contributed by atoms with Gasteiger partial charge in [-0.25, -0.2) is 14.1 Å². The lowest BCUT2D eigenvalue weighted by Crippen LogP contribution is -2.48. The van der Waals surface area contributed by atoms with E-state index >= 15 is 0 Å². The molecule has 304 valence electrons. The van der Waals surface area contributed by atoms with E-state index in [2.05, 4.69) is 15.2 Å². The Morgan fingerprint density at radius 3 is 2.41 bits per heavy atom. The van der Waals surface area contributed by atoms with Crippen LogP contribution < -0.4 is 21.1 Å². The van der Waals surface area contributed by atoms with Crippen LogP contribution in [0.5, 0.6) is 5.75 Å². The SMILES string of the molecule is CCC(=O)O[C@@H]1[C@H](OC(=O)[C@@H](N)C(C)C)[C@@H](COP(=O)(N[C@@H](C)C(=O)OCC(CC)CC)Oc2cccc3ccccc23)O[C@@]1(C)c1ccc2c(N)ncnn12. The number of nitrogens with zero attached hydrogens (tertiary/aromatic N) is 3. The van der Waals surface area contributed by atoms with E-state index in [-0.39, 0.29) is 36.4 Å². The van der Waals surface area contributed by atoms with Gasteiger partial charge < -0.3 is 34.9 Å². The van der Waals surface area contributed by atoms with E-state index in [0.717, 1.165) is 18.2 Å². The van der Waals surface area contributed by atoms with Crippen molar-refractivity contribution < 1.29 is 46.9 Å². The molecule has 1 aliphatic rings. The number of anilines is 1. The molecule has 0 radical (unpaired) electrons. The molecule has 1 saturated heterocycles. The summed E-state index contributed by atoms with van der Waals surface area (Å²) in [5, 5.41) is 8.54. The number of nitrogens with two attached hydrogens (primary N) is 2. The largest absolute Gasteiger partial charge is 0.464 e. The van der Waals surface area contributed by atoms with Gasteiger partial charge in [0.1, 0.15) is 41.4 Å². The molecule has 0 aliphatic carbocycles. The van der Waals surface area contributed by atoms with Crippen molar-refractivity contribution in [2.75, 3.05) is 18.9 Å². The standard InChI is InChI=1S/C39H53N6O10P/c1-8-25(9-2)20-50-37(47)24(6)44-56(49,55-29-17-13-15-26-14-11-12-16-27(26)29)51-21-30-34(53-38(48)33(40)23(4)5)35(52-32(46)10-3)39(7,54-30)31-19-18-28-36(41)42-22-43-45(28)31/h11-19,22-25,30,33-35H,8-10,20-21,40H2,1-7H3,(H,44,49)(H2,41,42,43)/t24-,30+,33-,34+,35+,39-,56?/m0/s1. The number of nitrogens with one attached hydrogen (secondary N) is 1. The van der Waals surface area contributed by atoms with Gasteiger partial charge in [0.05, 0.1) is 18.9 Å². The lowest BCUT2D eigenvalue weighted by Gasteiger charge is -2.31. The minimum Gasteiger partial charge on any atom is -0.464 e. The average molecular weight is 797 g/mol. The second-order valence-corrected chi connectivity index (χ2v) is 16.1. The summed E-state index contributed by atoms with van der Waals surface area (Å²) in [5.74, 6) is -1.79. The van der Waals surface area contributed by atoms with Gasteiger partial charge in [0.25, 0.3) is 0 Å². The first-order valence-corrected chi connectivity index (χ1v) is 20.5. The van der Waals surface area contributed by atoms with Crippen molar-refractivity contribution in [2.24, 2.45) is 17.6 Å². The van der Waals surface area contributed by atoms with Crippen molar-refractivity contribution in [1.82, 2.24) is 19.7 Å². The van der Waals surface area contributed by atoms with Crippen LogP contribution >= 0.6 is 7.75 Å². The Morgan fingerprint density at radius 1 is 1.00 bits per heavy atom. The molecular weight excluding hydrogens is 743 g/mol. The smallest absolute Gasteiger partial charge is 0.459 e. The van der Waals surface area contributed by atoms with Crippen molar-refractivity contribution >= 4 is 47.8 Å². The first kappa shape index (κ1) is 42.5. The minimum absolute atomic E-state index is 0.00676. The first-order valence-electron chi connectivity index (χ1n) is 18.9. The van der Waals surface area contributed by atoms with Crippen molar-refractivity contribution in [1.29, 1.82) is 0 Å². The van der Waals surface area contributed by atoms with Gasteiger partial charge >= 0.3 is 25.7 Å². The first-order chi connectivity index (χ1) is 26.6. The van der Waals surface area contributed by atoms with Crippen LogP contribution in [-0.4, -0.2) is 76.1 Å². The molecule has 0 saturated carbocycles. The maximum absolute atomic E-state index is 14.9. The summed E-state index contributed by atoms with van der Waals surface area (Å²) in [6, 6.07) is 13.7. The molecule has 17 heteroatoms. The van der Waals surface area contributed by atoms with E-state index in [1.807, 2.05) is 38.1 Å². The Kier molecular flexibility index (Phi) is 13.8. The number of carbonyl (C=O) groups excluding carboxylic acids is 3. The molecule has 56 heavy (non-hydrogen) atoms. The van der Waals surface area contributed by atoms with Crippen LogP contribution in [0.1, 0.15) is 73.4 Å². The molecular formula is C39H53N6O10P. The zero-order valence-electron chi connectivity index (χ0n) is 32.9.